The second-order valence-corrected chi connectivity index (χ2v) is 4.72. The van der Waals surface area contributed by atoms with Crippen LogP contribution in [0.2, 0.25) is 0 Å². The molecule has 0 aromatic heterocycles. The van der Waals surface area contributed by atoms with Crippen LogP contribution in [0, 0.1) is 6.92 Å². The molecule has 0 saturated heterocycles. The van der Waals surface area contributed by atoms with Crippen LogP contribution >= 0.6 is 15.9 Å². The molecule has 0 aliphatic rings. The summed E-state index contributed by atoms with van der Waals surface area (Å²) in [5, 5.41) is 6.64. The summed E-state index contributed by atoms with van der Waals surface area (Å²) < 4.78 is 1.18. The van der Waals surface area contributed by atoms with Crippen LogP contribution in [0.3, 0.4) is 0 Å². The highest BCUT2D eigenvalue weighted by molar-refractivity contribution is 9.10. The van der Waals surface area contributed by atoms with Gasteiger partial charge < -0.3 is 10.6 Å². The third kappa shape index (κ3) is 3.93. The highest BCUT2D eigenvalue weighted by Crippen LogP contribution is 2.19. The summed E-state index contributed by atoms with van der Waals surface area (Å²) in [5.41, 5.74) is 2.67. The fourth-order valence-corrected chi connectivity index (χ4v) is 1.91. The number of likely N-dealkylation sites (N-methyl/N-ethyl adjacent to an activating group) is 1. The molecule has 0 amide bonds. The first-order valence-corrected chi connectivity index (χ1v) is 6.06. The van der Waals surface area contributed by atoms with E-state index in [0.717, 1.165) is 13.1 Å². The monoisotopic (exact) mass is 270 g/mol. The van der Waals surface area contributed by atoms with Gasteiger partial charge in [0.2, 0.25) is 0 Å². The van der Waals surface area contributed by atoms with Crippen LogP contribution in [0.1, 0.15) is 18.1 Å². The largest absolute Gasteiger partial charge is 0.318 e. The fraction of sp³-hybridized carbons (Fsp3) is 0.500. The van der Waals surface area contributed by atoms with Gasteiger partial charge in [-0.05, 0) is 38.1 Å². The molecule has 1 atom stereocenters. The molecule has 0 aliphatic heterocycles. The quantitative estimate of drug-likeness (QED) is 0.859. The average Bonchev–Trinajstić information content (AvgIpc) is 2.21. The van der Waals surface area contributed by atoms with Gasteiger partial charge in [-0.3, -0.25) is 0 Å². The van der Waals surface area contributed by atoms with Gasteiger partial charge in [-0.1, -0.05) is 28.1 Å². The Morgan fingerprint density at radius 3 is 2.80 bits per heavy atom. The summed E-state index contributed by atoms with van der Waals surface area (Å²) in [6, 6.07) is 6.82. The van der Waals surface area contributed by atoms with Gasteiger partial charge in [0, 0.05) is 23.6 Å². The number of hydrogen-bond acceptors (Lipinski definition) is 2. The van der Waals surface area contributed by atoms with E-state index in [1.165, 1.54) is 15.6 Å². The Balaban J connectivity index is 2.54. The van der Waals surface area contributed by atoms with Crippen molar-refractivity contribution >= 4 is 15.9 Å². The number of halogens is 1. The maximum Gasteiger partial charge on any atom is 0.0211 e. The van der Waals surface area contributed by atoms with E-state index < -0.39 is 0 Å². The van der Waals surface area contributed by atoms with E-state index in [9.17, 15) is 0 Å². The van der Waals surface area contributed by atoms with Crippen LogP contribution in [0.5, 0.6) is 0 Å². The summed E-state index contributed by atoms with van der Waals surface area (Å²) in [5.74, 6) is 0. The molecule has 15 heavy (non-hydrogen) atoms. The Morgan fingerprint density at radius 2 is 2.13 bits per heavy atom. The number of nitrogens with one attached hydrogen (secondary N) is 2. The highest BCUT2D eigenvalue weighted by atomic mass is 79.9. The molecule has 0 fully saturated rings. The van der Waals surface area contributed by atoms with Crippen molar-refractivity contribution in [3.05, 3.63) is 33.8 Å². The smallest absolute Gasteiger partial charge is 0.0211 e. The summed E-state index contributed by atoms with van der Waals surface area (Å²) in [6.45, 7) is 6.24. The van der Waals surface area contributed by atoms with E-state index in [0.29, 0.717) is 6.04 Å². The molecule has 0 bridgehead atoms. The van der Waals surface area contributed by atoms with Crippen LogP contribution in [0.15, 0.2) is 22.7 Å². The van der Waals surface area contributed by atoms with E-state index in [1.54, 1.807) is 0 Å². The Bertz CT molecular complexity index is 312. The molecule has 0 heterocycles. The van der Waals surface area contributed by atoms with Crippen molar-refractivity contribution in [2.75, 3.05) is 13.6 Å². The van der Waals surface area contributed by atoms with Crippen molar-refractivity contribution in [2.24, 2.45) is 0 Å². The first-order chi connectivity index (χ1) is 7.15. The minimum Gasteiger partial charge on any atom is -0.318 e. The third-order valence-electron chi connectivity index (χ3n) is 2.53. The molecule has 1 aromatic carbocycles. The van der Waals surface area contributed by atoms with Crippen LogP contribution in [-0.4, -0.2) is 19.6 Å². The summed E-state index contributed by atoms with van der Waals surface area (Å²) in [7, 11) is 1.97. The van der Waals surface area contributed by atoms with Gasteiger partial charge in [0.1, 0.15) is 0 Å². The maximum atomic E-state index is 3.54. The Kier molecular flexibility index (Phi) is 5.29. The van der Waals surface area contributed by atoms with Gasteiger partial charge in [0.25, 0.3) is 0 Å². The van der Waals surface area contributed by atoms with Gasteiger partial charge in [-0.25, -0.2) is 0 Å². The van der Waals surface area contributed by atoms with Crippen molar-refractivity contribution in [3.8, 4) is 0 Å². The molecule has 0 saturated carbocycles. The van der Waals surface area contributed by atoms with E-state index in [2.05, 4.69) is 58.6 Å². The lowest BCUT2D eigenvalue weighted by Crippen LogP contribution is -2.34. The predicted octanol–water partition coefficient (Wildman–Crippen LogP) is 2.46. The summed E-state index contributed by atoms with van der Waals surface area (Å²) in [4.78, 5) is 0. The number of rotatable bonds is 5. The van der Waals surface area contributed by atoms with E-state index in [4.69, 9.17) is 0 Å². The van der Waals surface area contributed by atoms with Gasteiger partial charge in [-0.15, -0.1) is 0 Å². The lowest BCUT2D eigenvalue weighted by atomic mass is 10.1. The lowest BCUT2D eigenvalue weighted by Gasteiger charge is -2.14. The first kappa shape index (κ1) is 12.7. The zero-order valence-electron chi connectivity index (χ0n) is 9.60. The molecule has 0 spiro atoms. The maximum absolute atomic E-state index is 3.54. The average molecular weight is 271 g/mol. The third-order valence-corrected chi connectivity index (χ3v) is 3.39. The molecule has 84 valence electrons. The molecule has 0 radical (unpaired) electrons. The molecular formula is C12H19BrN2. The Morgan fingerprint density at radius 1 is 1.40 bits per heavy atom. The van der Waals surface area contributed by atoms with Gasteiger partial charge >= 0.3 is 0 Å². The van der Waals surface area contributed by atoms with Crippen LogP contribution in [0.25, 0.3) is 0 Å². The van der Waals surface area contributed by atoms with Crippen molar-refractivity contribution in [3.63, 3.8) is 0 Å². The van der Waals surface area contributed by atoms with Gasteiger partial charge in [0.15, 0.2) is 0 Å². The van der Waals surface area contributed by atoms with Crippen LogP contribution < -0.4 is 10.6 Å². The highest BCUT2D eigenvalue weighted by Gasteiger charge is 2.03. The van der Waals surface area contributed by atoms with Crippen molar-refractivity contribution in [1.29, 1.82) is 0 Å². The van der Waals surface area contributed by atoms with Crippen molar-refractivity contribution in [2.45, 2.75) is 26.4 Å². The van der Waals surface area contributed by atoms with Gasteiger partial charge in [-0.2, -0.15) is 0 Å². The molecule has 1 aromatic rings. The molecule has 3 heteroatoms. The van der Waals surface area contributed by atoms with Gasteiger partial charge in [0.05, 0.1) is 0 Å². The zero-order chi connectivity index (χ0) is 11.3. The number of benzene rings is 1. The predicted molar refractivity (Wildman–Crippen MR) is 69.1 cm³/mol. The Hall–Kier alpha value is -0.380. The number of hydrogen-bond donors (Lipinski definition) is 2. The molecule has 2 nitrogen and oxygen atoms in total. The Labute approximate surface area is 101 Å². The molecule has 0 aliphatic carbocycles. The molecule has 2 N–H and O–H groups in total. The van der Waals surface area contributed by atoms with Crippen LogP contribution in [-0.2, 0) is 6.54 Å². The van der Waals surface area contributed by atoms with Crippen LogP contribution in [0.4, 0.5) is 0 Å². The van der Waals surface area contributed by atoms with Crippen molar-refractivity contribution < 1.29 is 0 Å². The standard InChI is InChI=1S/C12H19BrN2/c1-9(7-14-3)15-8-11-5-4-6-12(13)10(11)2/h4-6,9,14-15H,7-8H2,1-3H3. The lowest BCUT2D eigenvalue weighted by molar-refractivity contribution is 0.522. The molecule has 1 rings (SSSR count). The minimum atomic E-state index is 0.494. The second-order valence-electron chi connectivity index (χ2n) is 3.86. The summed E-state index contributed by atoms with van der Waals surface area (Å²) in [6.07, 6.45) is 0. The SMILES string of the molecule is CNCC(C)NCc1cccc(Br)c1C. The molecule has 1 unspecified atom stereocenters. The molecular weight excluding hydrogens is 252 g/mol. The van der Waals surface area contributed by atoms with E-state index in [1.807, 2.05) is 7.05 Å². The normalized spacial score (nSPS) is 12.8. The minimum absolute atomic E-state index is 0.494. The van der Waals surface area contributed by atoms with E-state index >= 15 is 0 Å². The zero-order valence-corrected chi connectivity index (χ0v) is 11.2. The fourth-order valence-electron chi connectivity index (χ4n) is 1.51. The first-order valence-electron chi connectivity index (χ1n) is 5.27. The second kappa shape index (κ2) is 6.26. The van der Waals surface area contributed by atoms with Crippen molar-refractivity contribution in [1.82, 2.24) is 10.6 Å². The summed E-state index contributed by atoms with van der Waals surface area (Å²) >= 11 is 3.54. The topological polar surface area (TPSA) is 24.1 Å². The van der Waals surface area contributed by atoms with E-state index in [-0.39, 0.29) is 0 Å².